The minimum absolute atomic E-state index is 0.639. The predicted octanol–water partition coefficient (Wildman–Crippen LogP) is 1.69. The molecule has 3 nitrogen and oxygen atoms in total. The molecule has 0 aliphatic carbocycles. The lowest BCUT2D eigenvalue weighted by molar-refractivity contribution is 0.611. The molecule has 0 spiro atoms. The molecule has 0 bridgehead atoms. The van der Waals surface area contributed by atoms with Gasteiger partial charge in [-0.25, -0.2) is 9.97 Å². The molecule has 1 N–H and O–H groups in total. The third-order valence-electron chi connectivity index (χ3n) is 3.15. The number of fused-ring (bicyclic) bond motifs is 1. The van der Waals surface area contributed by atoms with Crippen LogP contribution in [0.15, 0.2) is 6.33 Å². The zero-order chi connectivity index (χ0) is 10.1. The first kappa shape index (κ1) is 9.60. The highest BCUT2D eigenvalue weighted by molar-refractivity contribution is 7.99. The van der Waals surface area contributed by atoms with Crippen LogP contribution in [0.3, 0.4) is 0 Å². The summed E-state index contributed by atoms with van der Waals surface area (Å²) in [4.78, 5) is 8.88. The predicted molar refractivity (Wildman–Crippen MR) is 61.9 cm³/mol. The number of rotatable bonds is 1. The maximum Gasteiger partial charge on any atom is 0.116 e. The molecule has 4 heteroatoms. The Hall–Kier alpha value is -0.610. The first-order chi connectivity index (χ1) is 7.45. The highest BCUT2D eigenvalue weighted by atomic mass is 32.2. The van der Waals surface area contributed by atoms with Gasteiger partial charge in [-0.15, -0.1) is 0 Å². The van der Waals surface area contributed by atoms with Crippen molar-refractivity contribution in [2.45, 2.75) is 31.1 Å². The van der Waals surface area contributed by atoms with E-state index < -0.39 is 0 Å². The molecule has 1 atom stereocenters. The first-order valence-electron chi connectivity index (χ1n) is 5.60. The van der Waals surface area contributed by atoms with Crippen LogP contribution in [0.4, 0.5) is 0 Å². The van der Waals surface area contributed by atoms with Crippen molar-refractivity contribution in [2.24, 2.45) is 0 Å². The van der Waals surface area contributed by atoms with Gasteiger partial charge in [-0.1, -0.05) is 0 Å². The van der Waals surface area contributed by atoms with E-state index in [1.807, 2.05) is 0 Å². The van der Waals surface area contributed by atoms with Crippen LogP contribution in [0.5, 0.6) is 0 Å². The van der Waals surface area contributed by atoms with Crippen molar-refractivity contribution >= 4 is 11.8 Å². The number of hydrogen-bond donors (Lipinski definition) is 1. The highest BCUT2D eigenvalue weighted by Crippen LogP contribution is 2.40. The molecule has 1 fully saturated rings. The van der Waals surface area contributed by atoms with Crippen molar-refractivity contribution < 1.29 is 0 Å². The Morgan fingerprint density at radius 1 is 1.40 bits per heavy atom. The highest BCUT2D eigenvalue weighted by Gasteiger charge is 2.24. The number of hydrogen-bond acceptors (Lipinski definition) is 4. The fourth-order valence-electron chi connectivity index (χ4n) is 2.38. The van der Waals surface area contributed by atoms with Crippen molar-refractivity contribution in [2.75, 3.05) is 12.3 Å². The Morgan fingerprint density at radius 3 is 3.27 bits per heavy atom. The average molecular weight is 221 g/mol. The van der Waals surface area contributed by atoms with E-state index in [1.54, 1.807) is 6.33 Å². The van der Waals surface area contributed by atoms with E-state index >= 15 is 0 Å². The van der Waals surface area contributed by atoms with Gasteiger partial charge in [0.2, 0.25) is 0 Å². The van der Waals surface area contributed by atoms with Crippen LogP contribution in [0.25, 0.3) is 0 Å². The number of nitrogens with one attached hydrogen (secondary N) is 1. The molecule has 0 amide bonds. The van der Waals surface area contributed by atoms with Crippen LogP contribution in [0.1, 0.15) is 35.0 Å². The molecule has 3 heterocycles. The Balaban J connectivity index is 1.99. The van der Waals surface area contributed by atoms with Gasteiger partial charge in [0.1, 0.15) is 6.33 Å². The summed E-state index contributed by atoms with van der Waals surface area (Å²) in [6.45, 7) is 1.99. The molecule has 2 aliphatic heterocycles. The Morgan fingerprint density at radius 2 is 2.40 bits per heavy atom. The third-order valence-corrected chi connectivity index (χ3v) is 4.53. The second-order valence-corrected chi connectivity index (χ2v) is 5.42. The van der Waals surface area contributed by atoms with Gasteiger partial charge in [0.25, 0.3) is 0 Å². The zero-order valence-electron chi connectivity index (χ0n) is 8.70. The lowest BCUT2D eigenvalue weighted by Crippen LogP contribution is -2.26. The lowest BCUT2D eigenvalue weighted by atomic mass is 10.0. The molecule has 1 aromatic rings. The topological polar surface area (TPSA) is 37.8 Å². The Labute approximate surface area is 94.1 Å². The van der Waals surface area contributed by atoms with Crippen molar-refractivity contribution in [1.82, 2.24) is 15.3 Å². The number of aromatic nitrogens is 2. The smallest absolute Gasteiger partial charge is 0.116 e. The molecule has 2 aliphatic rings. The summed E-state index contributed by atoms with van der Waals surface area (Å²) in [5.74, 6) is 1.29. The van der Waals surface area contributed by atoms with Crippen LogP contribution in [-0.2, 0) is 13.0 Å². The van der Waals surface area contributed by atoms with Crippen molar-refractivity contribution in [3.63, 3.8) is 0 Å². The van der Waals surface area contributed by atoms with Gasteiger partial charge in [0.15, 0.2) is 0 Å². The standard InChI is InChI=1S/C11H15N3S/c1-2-10(15-5-1)11-8-3-4-12-6-9(8)13-7-14-11/h7,10,12H,1-6H2. The van der Waals surface area contributed by atoms with E-state index in [0.29, 0.717) is 5.25 Å². The summed E-state index contributed by atoms with van der Waals surface area (Å²) in [5, 5.41) is 4.00. The fraction of sp³-hybridized carbons (Fsp3) is 0.636. The summed E-state index contributed by atoms with van der Waals surface area (Å²) in [5.41, 5.74) is 3.97. The van der Waals surface area contributed by atoms with Crippen LogP contribution in [-0.4, -0.2) is 22.3 Å². The fourth-order valence-corrected chi connectivity index (χ4v) is 3.69. The van der Waals surface area contributed by atoms with Crippen LogP contribution in [0.2, 0.25) is 0 Å². The summed E-state index contributed by atoms with van der Waals surface area (Å²) < 4.78 is 0. The van der Waals surface area contributed by atoms with Crippen LogP contribution < -0.4 is 5.32 Å². The molecular weight excluding hydrogens is 206 g/mol. The number of nitrogens with zero attached hydrogens (tertiary/aromatic N) is 2. The van der Waals surface area contributed by atoms with Gasteiger partial charge < -0.3 is 5.32 Å². The van der Waals surface area contributed by atoms with E-state index in [4.69, 9.17) is 0 Å². The van der Waals surface area contributed by atoms with Gasteiger partial charge in [-0.05, 0) is 37.1 Å². The molecular formula is C11H15N3S. The molecule has 80 valence electrons. The molecule has 1 saturated heterocycles. The van der Waals surface area contributed by atoms with Crippen LogP contribution in [0, 0.1) is 0 Å². The summed E-state index contributed by atoms with van der Waals surface area (Å²) in [6, 6.07) is 0. The normalized spacial score (nSPS) is 25.2. The van der Waals surface area contributed by atoms with E-state index in [1.165, 1.54) is 35.5 Å². The second kappa shape index (κ2) is 4.10. The second-order valence-electron chi connectivity index (χ2n) is 4.11. The minimum Gasteiger partial charge on any atom is -0.311 e. The summed E-state index contributed by atoms with van der Waals surface area (Å²) in [7, 11) is 0. The SMILES string of the molecule is c1nc2c(c(C3CCCS3)n1)CCNC2. The van der Waals surface area contributed by atoms with Gasteiger partial charge >= 0.3 is 0 Å². The van der Waals surface area contributed by atoms with Crippen LogP contribution >= 0.6 is 11.8 Å². The van der Waals surface area contributed by atoms with Crippen molar-refractivity contribution in [3.8, 4) is 0 Å². The molecule has 0 saturated carbocycles. The quantitative estimate of drug-likeness (QED) is 0.783. The monoisotopic (exact) mass is 221 g/mol. The molecule has 1 aromatic heterocycles. The Bertz CT molecular complexity index is 361. The van der Waals surface area contributed by atoms with E-state index in [-0.39, 0.29) is 0 Å². The van der Waals surface area contributed by atoms with Gasteiger partial charge in [-0.3, -0.25) is 0 Å². The maximum atomic E-state index is 4.51. The average Bonchev–Trinajstić information content (AvgIpc) is 2.82. The van der Waals surface area contributed by atoms with Gasteiger partial charge in [-0.2, -0.15) is 11.8 Å². The lowest BCUT2D eigenvalue weighted by Gasteiger charge is -2.20. The summed E-state index contributed by atoms with van der Waals surface area (Å²) in [6.07, 6.45) is 5.47. The van der Waals surface area contributed by atoms with Gasteiger partial charge in [0.05, 0.1) is 11.4 Å². The molecule has 15 heavy (non-hydrogen) atoms. The minimum atomic E-state index is 0.639. The Kier molecular flexibility index (Phi) is 2.63. The third kappa shape index (κ3) is 1.76. The molecule has 0 radical (unpaired) electrons. The first-order valence-corrected chi connectivity index (χ1v) is 6.65. The van der Waals surface area contributed by atoms with Crippen molar-refractivity contribution in [3.05, 3.63) is 23.3 Å². The molecule has 3 rings (SSSR count). The molecule has 1 unspecified atom stereocenters. The maximum absolute atomic E-state index is 4.51. The largest absolute Gasteiger partial charge is 0.311 e. The van der Waals surface area contributed by atoms with E-state index in [0.717, 1.165) is 19.5 Å². The molecule has 0 aromatic carbocycles. The van der Waals surface area contributed by atoms with Gasteiger partial charge in [0, 0.05) is 11.8 Å². The van der Waals surface area contributed by atoms with E-state index in [2.05, 4.69) is 27.0 Å². The van der Waals surface area contributed by atoms with E-state index in [9.17, 15) is 0 Å². The number of thioether (sulfide) groups is 1. The van der Waals surface area contributed by atoms with Crippen molar-refractivity contribution in [1.29, 1.82) is 0 Å². The summed E-state index contributed by atoms with van der Waals surface area (Å²) >= 11 is 2.06. The zero-order valence-corrected chi connectivity index (χ0v) is 9.52.